The lowest BCUT2D eigenvalue weighted by Crippen LogP contribution is -2.19. The van der Waals surface area contributed by atoms with Crippen molar-refractivity contribution in [3.05, 3.63) is 130 Å². The zero-order valence-corrected chi connectivity index (χ0v) is 42.9. The summed E-state index contributed by atoms with van der Waals surface area (Å²) in [5.41, 5.74) is 22.8. The van der Waals surface area contributed by atoms with Crippen LogP contribution in [0.15, 0.2) is 97.1 Å². The normalized spacial score (nSPS) is 15.1. The van der Waals surface area contributed by atoms with Crippen molar-refractivity contribution in [1.82, 2.24) is 0 Å². The fourth-order valence-corrected chi connectivity index (χ4v) is 11.7. The third-order valence-electron chi connectivity index (χ3n) is 15.9. The fraction of sp³-hybridized carbons (Fsp3) is 0.625. The maximum absolute atomic E-state index is 6.22. The van der Waals surface area contributed by atoms with Crippen LogP contribution in [-0.2, 0) is 0 Å². The summed E-state index contributed by atoms with van der Waals surface area (Å²) in [6, 6.07) is 37.6. The minimum atomic E-state index is 0.398. The average Bonchev–Trinajstić information content (AvgIpc) is 3.35. The second-order valence-electron chi connectivity index (χ2n) is 21.1. The summed E-state index contributed by atoms with van der Waals surface area (Å²) in [7, 11) is 0. The fourth-order valence-electron chi connectivity index (χ4n) is 11.7. The van der Waals surface area contributed by atoms with Crippen LogP contribution in [0.4, 0.5) is 11.4 Å². The molecular weight excluding hydrogens is 797 g/mol. The molecule has 0 amide bonds. The molecule has 4 aromatic rings. The Labute approximate surface area is 407 Å². The number of unbranched alkanes of at least 4 members (excludes halogenated alkanes) is 19. The van der Waals surface area contributed by atoms with Gasteiger partial charge < -0.3 is 11.5 Å². The van der Waals surface area contributed by atoms with E-state index in [2.05, 4.69) is 118 Å². The van der Waals surface area contributed by atoms with Gasteiger partial charge >= 0.3 is 0 Å². The molecule has 0 radical (unpaired) electrons. The summed E-state index contributed by atoms with van der Waals surface area (Å²) in [5, 5.41) is 0. The molecule has 0 spiro atoms. The van der Waals surface area contributed by atoms with Gasteiger partial charge in [-0.05, 0) is 95.2 Å². The molecule has 0 aliphatic heterocycles. The molecule has 4 N–H and O–H groups in total. The van der Waals surface area contributed by atoms with Gasteiger partial charge in [-0.15, -0.1) is 0 Å². The van der Waals surface area contributed by atoms with Crippen molar-refractivity contribution in [2.75, 3.05) is 11.5 Å². The third kappa shape index (κ3) is 19.2. The number of benzene rings is 4. The molecule has 3 atom stereocenters. The first-order chi connectivity index (χ1) is 32.5. The monoisotopic (exact) mass is 895 g/mol. The summed E-state index contributed by atoms with van der Waals surface area (Å²) in [5.74, 6) is 2.95. The Balaban J connectivity index is 1.33. The predicted octanol–water partition coefficient (Wildman–Crippen LogP) is 20.0. The Bertz CT molecular complexity index is 1650. The minimum Gasteiger partial charge on any atom is -0.399 e. The number of nitrogens with two attached hydrogens (primary N) is 2. The van der Waals surface area contributed by atoms with Crippen molar-refractivity contribution in [2.24, 2.45) is 11.8 Å². The molecule has 0 saturated heterocycles. The Morgan fingerprint density at radius 3 is 0.939 bits per heavy atom. The Kier molecular flexibility index (Phi) is 26.1. The van der Waals surface area contributed by atoms with Crippen molar-refractivity contribution >= 4 is 11.4 Å². The topological polar surface area (TPSA) is 52.0 Å². The Morgan fingerprint density at radius 2 is 0.606 bits per heavy atom. The van der Waals surface area contributed by atoms with Crippen LogP contribution in [0.5, 0.6) is 0 Å². The van der Waals surface area contributed by atoms with Crippen molar-refractivity contribution in [3.8, 4) is 0 Å². The van der Waals surface area contributed by atoms with E-state index in [-0.39, 0.29) is 0 Å². The first-order valence-corrected chi connectivity index (χ1v) is 28.4. The van der Waals surface area contributed by atoms with Crippen LogP contribution in [0.3, 0.4) is 0 Å². The molecule has 0 aromatic heterocycles. The van der Waals surface area contributed by atoms with E-state index in [0.29, 0.717) is 17.8 Å². The second-order valence-corrected chi connectivity index (χ2v) is 21.1. The quantitative estimate of drug-likeness (QED) is 0.0357. The summed E-state index contributed by atoms with van der Waals surface area (Å²) >= 11 is 0. The molecule has 1 fully saturated rings. The highest BCUT2D eigenvalue weighted by molar-refractivity contribution is 5.46. The van der Waals surface area contributed by atoms with Crippen LogP contribution < -0.4 is 11.5 Å². The number of anilines is 2. The molecule has 1 saturated carbocycles. The average molecular weight is 896 g/mol. The summed E-state index contributed by atoms with van der Waals surface area (Å²) in [6.45, 7) is 7.00. The molecular formula is C64H98N2. The van der Waals surface area contributed by atoms with E-state index >= 15 is 0 Å². The number of hydrogen-bond acceptors (Lipinski definition) is 2. The van der Waals surface area contributed by atoms with Crippen LogP contribution in [0.25, 0.3) is 0 Å². The molecule has 364 valence electrons. The Hall–Kier alpha value is -3.52. The van der Waals surface area contributed by atoms with Gasteiger partial charge in [-0.1, -0.05) is 273 Å². The summed E-state index contributed by atoms with van der Waals surface area (Å²) in [4.78, 5) is 0. The molecule has 3 unspecified atom stereocenters. The maximum atomic E-state index is 6.22. The van der Waals surface area contributed by atoms with Crippen LogP contribution in [0.1, 0.15) is 277 Å². The molecule has 1 aliphatic rings. The van der Waals surface area contributed by atoms with Gasteiger partial charge in [-0.2, -0.15) is 0 Å². The van der Waals surface area contributed by atoms with Crippen molar-refractivity contribution in [1.29, 1.82) is 0 Å². The highest BCUT2D eigenvalue weighted by Gasteiger charge is 2.26. The van der Waals surface area contributed by atoms with Gasteiger partial charge in [-0.3, -0.25) is 0 Å². The van der Waals surface area contributed by atoms with E-state index in [1.165, 1.54) is 239 Å². The minimum absolute atomic E-state index is 0.398. The van der Waals surface area contributed by atoms with Gasteiger partial charge in [0.05, 0.1) is 0 Å². The van der Waals surface area contributed by atoms with E-state index in [4.69, 9.17) is 11.5 Å². The van der Waals surface area contributed by atoms with E-state index in [1.54, 1.807) is 0 Å². The van der Waals surface area contributed by atoms with Crippen LogP contribution in [-0.4, -0.2) is 0 Å². The van der Waals surface area contributed by atoms with E-state index in [1.807, 2.05) is 0 Å². The van der Waals surface area contributed by atoms with Gasteiger partial charge in [0.1, 0.15) is 0 Å². The molecule has 0 heterocycles. The first-order valence-electron chi connectivity index (χ1n) is 28.4. The lowest BCUT2D eigenvalue weighted by atomic mass is 9.74. The molecule has 2 heteroatoms. The van der Waals surface area contributed by atoms with Crippen LogP contribution in [0, 0.1) is 11.8 Å². The highest BCUT2D eigenvalue weighted by Crippen LogP contribution is 2.41. The standard InChI is InChI=1S/C64H98N2/c1-4-7-10-12-14-16-18-20-22-27-32-62(58-42-47-60(65)48-43-58)54-34-38-56(39-35-54)64(51-46-53(29-9-6-3)52-30-25-24-26-31-52)57-40-36-55(37-41-57)63(59-44-49-61(66)50-45-59)33-28-23-21-19-17-15-13-11-8-5-2/h34-45,47-50,52-53,62-64H,4-33,46,51,65-66H2,1-3H3. The van der Waals surface area contributed by atoms with Crippen LogP contribution in [0.2, 0.25) is 0 Å². The lowest BCUT2D eigenvalue weighted by Gasteiger charge is -2.32. The van der Waals surface area contributed by atoms with Gasteiger partial charge in [0.2, 0.25) is 0 Å². The molecule has 66 heavy (non-hydrogen) atoms. The molecule has 4 aromatic carbocycles. The first kappa shape index (κ1) is 53.4. The van der Waals surface area contributed by atoms with Crippen LogP contribution >= 0.6 is 0 Å². The van der Waals surface area contributed by atoms with Crippen molar-refractivity contribution in [3.63, 3.8) is 0 Å². The van der Waals surface area contributed by atoms with Crippen molar-refractivity contribution in [2.45, 2.75) is 244 Å². The third-order valence-corrected chi connectivity index (χ3v) is 15.9. The second kappa shape index (κ2) is 32.3. The maximum Gasteiger partial charge on any atom is 0.0314 e. The Morgan fingerprint density at radius 1 is 0.318 bits per heavy atom. The highest BCUT2D eigenvalue weighted by atomic mass is 14.5. The van der Waals surface area contributed by atoms with Crippen molar-refractivity contribution < 1.29 is 0 Å². The SMILES string of the molecule is CCCCCCCCCCCCC(c1ccc(N)cc1)c1ccc(C(CCC(CCCC)C2CCCCC2)c2ccc(C(CCCCCCCCCCCC)c3ccc(N)cc3)cc2)cc1. The van der Waals surface area contributed by atoms with E-state index in [9.17, 15) is 0 Å². The predicted molar refractivity (Wildman–Crippen MR) is 292 cm³/mol. The number of nitrogen functional groups attached to an aromatic ring is 2. The molecule has 2 nitrogen and oxygen atoms in total. The number of hydrogen-bond donors (Lipinski definition) is 2. The van der Waals surface area contributed by atoms with E-state index in [0.717, 1.165) is 23.2 Å². The van der Waals surface area contributed by atoms with E-state index < -0.39 is 0 Å². The molecule has 5 rings (SSSR count). The zero-order chi connectivity index (χ0) is 46.4. The summed E-state index contributed by atoms with van der Waals surface area (Å²) in [6.07, 6.45) is 43.7. The lowest BCUT2D eigenvalue weighted by molar-refractivity contribution is 0.215. The molecule has 1 aliphatic carbocycles. The van der Waals surface area contributed by atoms with Gasteiger partial charge in [0, 0.05) is 29.1 Å². The number of rotatable bonds is 35. The van der Waals surface area contributed by atoms with Gasteiger partial charge in [0.25, 0.3) is 0 Å². The molecule has 0 bridgehead atoms. The van der Waals surface area contributed by atoms with Gasteiger partial charge in [0.15, 0.2) is 0 Å². The largest absolute Gasteiger partial charge is 0.399 e. The van der Waals surface area contributed by atoms with Gasteiger partial charge in [-0.25, -0.2) is 0 Å². The zero-order valence-electron chi connectivity index (χ0n) is 42.9. The summed E-state index contributed by atoms with van der Waals surface area (Å²) < 4.78 is 0. The smallest absolute Gasteiger partial charge is 0.0314 e.